The number of nitrogens with zero attached hydrogens (tertiary/aromatic N) is 1. The Morgan fingerprint density at radius 3 is 1.67 bits per heavy atom. The predicted octanol–water partition coefficient (Wildman–Crippen LogP) is 4.28. The lowest BCUT2D eigenvalue weighted by atomic mass is 10.0. The van der Waals surface area contributed by atoms with E-state index in [-0.39, 0.29) is 40.9 Å². The summed E-state index contributed by atoms with van der Waals surface area (Å²) in [4.78, 5) is 44.9. The molecule has 0 bridgehead atoms. The highest BCUT2D eigenvalue weighted by atomic mass is 79.9. The first-order valence-corrected chi connectivity index (χ1v) is 21.8. The highest BCUT2D eigenvalue weighted by molar-refractivity contribution is 8.00. The van der Waals surface area contributed by atoms with Crippen LogP contribution in [0.2, 0.25) is 0 Å². The van der Waals surface area contributed by atoms with E-state index in [1.807, 2.05) is 96.4 Å². The summed E-state index contributed by atoms with van der Waals surface area (Å²) in [7, 11) is -2.45. The van der Waals surface area contributed by atoms with E-state index in [0.29, 0.717) is 11.9 Å². The lowest BCUT2D eigenvalue weighted by molar-refractivity contribution is -0.154. The molecule has 8 rings (SSSR count). The molecule has 1 saturated heterocycles. The molecule has 2 atom stereocenters. The van der Waals surface area contributed by atoms with Crippen molar-refractivity contribution >= 4 is 64.1 Å². The maximum Gasteiger partial charge on any atom is 0.356 e. The van der Waals surface area contributed by atoms with Gasteiger partial charge in [-0.3, -0.25) is 14.5 Å². The second-order valence-corrected chi connectivity index (χ2v) is 18.9. The first-order chi connectivity index (χ1) is 26.5. The summed E-state index contributed by atoms with van der Waals surface area (Å²) in [6.07, 6.45) is 0.0229. The topological polar surface area (TPSA) is 75.7 Å². The normalized spacial score (nSPS) is 16.5. The molecular formula is C45H38BrN2O4PS2. The predicted molar refractivity (Wildman–Crippen MR) is 221 cm³/mol. The van der Waals surface area contributed by atoms with E-state index in [9.17, 15) is 14.4 Å². The van der Waals surface area contributed by atoms with Gasteiger partial charge < -0.3 is 27.0 Å². The number of ether oxygens (including phenoxy) is 1. The van der Waals surface area contributed by atoms with Crippen LogP contribution in [0, 0.1) is 0 Å². The lowest BCUT2D eigenvalue weighted by Crippen LogP contribution is -3.00. The Labute approximate surface area is 340 Å². The average Bonchev–Trinajstić information content (AvgIpc) is 3.75. The molecule has 2 aliphatic heterocycles. The number of esters is 1. The fraction of sp³-hybridized carbons (Fsp3) is 0.133. The molecule has 0 spiro atoms. The van der Waals surface area contributed by atoms with Gasteiger partial charge in [0.1, 0.15) is 40.3 Å². The van der Waals surface area contributed by atoms with Crippen molar-refractivity contribution in [2.45, 2.75) is 23.9 Å². The molecule has 6 nitrogen and oxygen atoms in total. The monoisotopic (exact) mass is 844 g/mol. The molecule has 2 aliphatic rings. The van der Waals surface area contributed by atoms with E-state index in [1.54, 1.807) is 16.7 Å². The third kappa shape index (κ3) is 7.85. The first kappa shape index (κ1) is 38.5. The van der Waals surface area contributed by atoms with Crippen molar-refractivity contribution < 1.29 is 36.1 Å². The van der Waals surface area contributed by atoms with Gasteiger partial charge in [-0.1, -0.05) is 121 Å². The number of amides is 2. The number of thiophene rings is 1. The molecule has 0 radical (unpaired) electrons. The van der Waals surface area contributed by atoms with Crippen molar-refractivity contribution in [3.63, 3.8) is 0 Å². The molecule has 5 aromatic carbocycles. The van der Waals surface area contributed by atoms with Crippen molar-refractivity contribution in [3.05, 3.63) is 196 Å². The quantitative estimate of drug-likeness (QED) is 0.113. The third-order valence-corrected chi connectivity index (χ3v) is 16.5. The van der Waals surface area contributed by atoms with Crippen molar-refractivity contribution in [3.8, 4) is 0 Å². The number of rotatable bonds is 12. The Bertz CT molecular complexity index is 2130. The molecule has 3 heterocycles. The molecule has 1 fully saturated rings. The fourth-order valence-electron chi connectivity index (χ4n) is 7.39. The van der Waals surface area contributed by atoms with Gasteiger partial charge in [0.15, 0.2) is 6.10 Å². The summed E-state index contributed by atoms with van der Waals surface area (Å²) in [6.45, 7) is 0. The largest absolute Gasteiger partial charge is 1.00 e. The van der Waals surface area contributed by atoms with E-state index < -0.39 is 30.8 Å². The zero-order valence-corrected chi connectivity index (χ0v) is 33.9. The van der Waals surface area contributed by atoms with Crippen LogP contribution in [0.4, 0.5) is 0 Å². The SMILES string of the molecule is O=C(Cc1cccs1)N[C@@H]1C(=O)N2C(C(=O)OC(c3ccccc3)c3ccccc3)=C(C[P+](c3ccccc3)(c3ccccc3)c3ccccc3)CS[C@H]12.[Br-]. The number of nitrogens with one attached hydrogen (secondary N) is 1. The van der Waals surface area contributed by atoms with Gasteiger partial charge in [-0.2, -0.15) is 0 Å². The van der Waals surface area contributed by atoms with Crippen molar-refractivity contribution in [1.29, 1.82) is 0 Å². The zero-order chi connectivity index (χ0) is 36.9. The molecule has 2 amide bonds. The number of halogens is 1. The van der Waals surface area contributed by atoms with Gasteiger partial charge in [-0.05, 0) is 59.0 Å². The number of hydrogen-bond donors (Lipinski definition) is 1. The minimum absolute atomic E-state index is 0. The molecule has 0 unspecified atom stereocenters. The second kappa shape index (κ2) is 17.3. The first-order valence-electron chi connectivity index (χ1n) is 17.9. The number of thioether (sulfide) groups is 1. The van der Waals surface area contributed by atoms with Crippen LogP contribution in [-0.4, -0.2) is 46.0 Å². The molecular weight excluding hydrogens is 808 g/mol. The Kier molecular flexibility index (Phi) is 12.1. The van der Waals surface area contributed by atoms with E-state index in [0.717, 1.165) is 21.6 Å². The number of carbonyl (C=O) groups excluding carboxylic acids is 3. The number of fused-ring (bicyclic) bond motifs is 1. The van der Waals surface area contributed by atoms with Gasteiger partial charge >= 0.3 is 5.97 Å². The zero-order valence-electron chi connectivity index (χ0n) is 29.7. The summed E-state index contributed by atoms with van der Waals surface area (Å²) >= 11 is 3.09. The summed E-state index contributed by atoms with van der Waals surface area (Å²) in [6, 6.07) is 54.0. The van der Waals surface area contributed by atoms with Crippen LogP contribution in [-0.2, 0) is 25.5 Å². The van der Waals surface area contributed by atoms with Crippen LogP contribution >= 0.6 is 30.4 Å². The minimum Gasteiger partial charge on any atom is -1.00 e. The highest BCUT2D eigenvalue weighted by Gasteiger charge is 2.57. The Morgan fingerprint density at radius 2 is 1.20 bits per heavy atom. The van der Waals surface area contributed by atoms with Crippen LogP contribution in [0.15, 0.2) is 180 Å². The van der Waals surface area contributed by atoms with Gasteiger partial charge in [-0.15, -0.1) is 23.1 Å². The van der Waals surface area contributed by atoms with Crippen LogP contribution < -0.4 is 38.2 Å². The van der Waals surface area contributed by atoms with Crippen molar-refractivity contribution in [2.24, 2.45) is 0 Å². The van der Waals surface area contributed by atoms with Gasteiger partial charge in [0.2, 0.25) is 5.91 Å². The van der Waals surface area contributed by atoms with Crippen molar-refractivity contribution in [2.75, 3.05) is 11.9 Å². The third-order valence-electron chi connectivity index (χ3n) is 9.92. The summed E-state index contributed by atoms with van der Waals surface area (Å²) in [5.74, 6) is -0.594. The standard InChI is InChI=1S/C45H37N2O4PS2.BrH/c48-39(29-38-27-16-28-53-38)46-40-43(49)47-41(45(50)51-42(32-17-6-1-7-18-32)33-19-8-2-9-20-33)34(31-54-44(40)47)30-52(35-21-10-3-11-22-35,36-23-12-4-13-24-36)37-25-14-5-15-26-37;/h1-28,40,42,44H,29-31H2;1H/t40-,44-;/m1./s1. The molecule has 1 aromatic heterocycles. The average molecular weight is 846 g/mol. The van der Waals surface area contributed by atoms with Gasteiger partial charge in [0.05, 0.1) is 12.6 Å². The van der Waals surface area contributed by atoms with E-state index in [4.69, 9.17) is 4.74 Å². The maximum atomic E-state index is 15.0. The van der Waals surface area contributed by atoms with Crippen LogP contribution in [0.25, 0.3) is 0 Å². The summed E-state index contributed by atoms with van der Waals surface area (Å²) in [5.41, 5.74) is 2.78. The number of hydrogen-bond acceptors (Lipinski definition) is 6. The lowest BCUT2D eigenvalue weighted by Gasteiger charge is -2.50. The van der Waals surface area contributed by atoms with Gasteiger partial charge in [-0.25, -0.2) is 4.79 Å². The molecule has 276 valence electrons. The van der Waals surface area contributed by atoms with Crippen LogP contribution in [0.3, 0.4) is 0 Å². The second-order valence-electron chi connectivity index (χ2n) is 13.2. The fourth-order valence-corrected chi connectivity index (χ4v) is 13.9. The molecule has 0 saturated carbocycles. The number of benzene rings is 5. The molecule has 1 N–H and O–H groups in total. The van der Waals surface area contributed by atoms with E-state index in [2.05, 4.69) is 78.1 Å². The number of β-lactam (4-membered cyclic amide) rings is 1. The smallest absolute Gasteiger partial charge is 0.356 e. The Balaban J connectivity index is 0.00000465. The van der Waals surface area contributed by atoms with E-state index in [1.165, 1.54) is 27.3 Å². The van der Waals surface area contributed by atoms with Crippen LogP contribution in [0.5, 0.6) is 0 Å². The van der Waals surface area contributed by atoms with Gasteiger partial charge in [0, 0.05) is 16.2 Å². The minimum atomic E-state index is -2.45. The molecule has 6 aromatic rings. The number of carbonyl (C=O) groups is 3. The van der Waals surface area contributed by atoms with Crippen molar-refractivity contribution in [1.82, 2.24) is 10.2 Å². The summed E-state index contributed by atoms with van der Waals surface area (Å²) < 4.78 is 6.54. The molecule has 55 heavy (non-hydrogen) atoms. The van der Waals surface area contributed by atoms with Gasteiger partial charge in [0.25, 0.3) is 5.91 Å². The maximum absolute atomic E-state index is 15.0. The highest BCUT2D eigenvalue weighted by Crippen LogP contribution is 2.58. The summed E-state index contributed by atoms with van der Waals surface area (Å²) in [5, 5.41) is 8.00. The molecule has 10 heteroatoms. The van der Waals surface area contributed by atoms with Crippen LogP contribution in [0.1, 0.15) is 22.1 Å². The van der Waals surface area contributed by atoms with E-state index >= 15 is 0 Å². The Hall–Kier alpha value is -4.79. The Morgan fingerprint density at radius 1 is 0.709 bits per heavy atom. The molecule has 0 aliphatic carbocycles.